The topological polar surface area (TPSA) is 92.8 Å². The first-order valence-electron chi connectivity index (χ1n) is 9.23. The molecule has 1 aromatic heterocycles. The SMILES string of the molecule is Cc1ccccc1C(=O)N1CCN(S(=O)(=O)c2ccc3c(c2)oc(=O)n3C)CC1. The minimum Gasteiger partial charge on any atom is -0.408 e. The fourth-order valence-corrected chi connectivity index (χ4v) is 4.98. The van der Waals surface area contributed by atoms with E-state index in [-0.39, 0.29) is 29.5 Å². The number of piperazine rings is 1. The van der Waals surface area contributed by atoms with Crippen molar-refractivity contribution in [2.45, 2.75) is 11.8 Å². The van der Waals surface area contributed by atoms with Gasteiger partial charge in [0.2, 0.25) is 10.0 Å². The van der Waals surface area contributed by atoms with Gasteiger partial charge in [0.15, 0.2) is 5.58 Å². The molecule has 1 amide bonds. The number of amides is 1. The van der Waals surface area contributed by atoms with Crippen LogP contribution in [0, 0.1) is 6.92 Å². The second-order valence-corrected chi connectivity index (χ2v) is 9.01. The van der Waals surface area contributed by atoms with Crippen LogP contribution in [0.5, 0.6) is 0 Å². The number of sulfonamides is 1. The van der Waals surface area contributed by atoms with E-state index in [1.54, 1.807) is 24.1 Å². The number of aryl methyl sites for hydroxylation is 2. The molecule has 0 radical (unpaired) electrons. The lowest BCUT2D eigenvalue weighted by atomic mass is 10.1. The van der Waals surface area contributed by atoms with E-state index in [4.69, 9.17) is 4.42 Å². The van der Waals surface area contributed by atoms with Crippen LogP contribution < -0.4 is 5.76 Å². The summed E-state index contributed by atoms with van der Waals surface area (Å²) in [7, 11) is -2.19. The summed E-state index contributed by atoms with van der Waals surface area (Å²) in [6, 6.07) is 11.8. The van der Waals surface area contributed by atoms with E-state index in [0.717, 1.165) is 5.56 Å². The van der Waals surface area contributed by atoms with Gasteiger partial charge in [0, 0.05) is 44.9 Å². The Bertz CT molecular complexity index is 1250. The first kappa shape index (κ1) is 19.4. The molecule has 4 rings (SSSR count). The Hall–Kier alpha value is -2.91. The van der Waals surface area contributed by atoms with Crippen molar-refractivity contribution in [1.29, 1.82) is 0 Å². The van der Waals surface area contributed by atoms with Gasteiger partial charge in [-0.1, -0.05) is 18.2 Å². The molecule has 0 spiro atoms. The van der Waals surface area contributed by atoms with Crippen LogP contribution in [0.15, 0.2) is 56.6 Å². The first-order valence-corrected chi connectivity index (χ1v) is 10.7. The van der Waals surface area contributed by atoms with Crippen LogP contribution in [0.1, 0.15) is 15.9 Å². The molecular formula is C20H21N3O5S. The number of rotatable bonds is 3. The van der Waals surface area contributed by atoms with Crippen LogP contribution in [0.25, 0.3) is 11.1 Å². The Balaban J connectivity index is 1.52. The summed E-state index contributed by atoms with van der Waals surface area (Å²) >= 11 is 0. The smallest absolute Gasteiger partial charge is 0.408 e. The van der Waals surface area contributed by atoms with Gasteiger partial charge in [-0.3, -0.25) is 9.36 Å². The Morgan fingerprint density at radius 1 is 1.03 bits per heavy atom. The van der Waals surface area contributed by atoms with Crippen LogP contribution in [-0.4, -0.2) is 54.3 Å². The normalized spacial score (nSPS) is 15.7. The fourth-order valence-electron chi connectivity index (χ4n) is 3.54. The van der Waals surface area contributed by atoms with E-state index in [9.17, 15) is 18.0 Å². The van der Waals surface area contributed by atoms with Gasteiger partial charge < -0.3 is 9.32 Å². The number of carbonyl (C=O) groups is 1. The molecule has 3 aromatic rings. The molecule has 0 aliphatic carbocycles. The number of oxazole rings is 1. The molecule has 2 aromatic carbocycles. The molecule has 1 aliphatic rings. The number of fused-ring (bicyclic) bond motifs is 1. The lowest BCUT2D eigenvalue weighted by Gasteiger charge is -2.34. The molecule has 29 heavy (non-hydrogen) atoms. The molecule has 8 nitrogen and oxygen atoms in total. The summed E-state index contributed by atoms with van der Waals surface area (Å²) in [4.78, 5) is 26.1. The zero-order chi connectivity index (χ0) is 20.8. The van der Waals surface area contributed by atoms with Gasteiger partial charge in [0.25, 0.3) is 5.91 Å². The number of hydrogen-bond donors (Lipinski definition) is 0. The van der Waals surface area contributed by atoms with Crippen LogP contribution in [-0.2, 0) is 17.1 Å². The molecule has 152 valence electrons. The highest BCUT2D eigenvalue weighted by molar-refractivity contribution is 7.89. The summed E-state index contributed by atoms with van der Waals surface area (Å²) < 4.78 is 33.8. The molecule has 1 aliphatic heterocycles. The second-order valence-electron chi connectivity index (χ2n) is 7.07. The summed E-state index contributed by atoms with van der Waals surface area (Å²) in [5, 5.41) is 0. The van der Waals surface area contributed by atoms with Gasteiger partial charge >= 0.3 is 5.76 Å². The molecule has 0 atom stereocenters. The van der Waals surface area contributed by atoms with E-state index < -0.39 is 15.8 Å². The van der Waals surface area contributed by atoms with Crippen molar-refractivity contribution < 1.29 is 17.6 Å². The van der Waals surface area contributed by atoms with Crippen LogP contribution in [0.3, 0.4) is 0 Å². The zero-order valence-electron chi connectivity index (χ0n) is 16.2. The van der Waals surface area contributed by atoms with Crippen molar-refractivity contribution in [2.75, 3.05) is 26.2 Å². The minimum atomic E-state index is -3.75. The molecule has 2 heterocycles. The van der Waals surface area contributed by atoms with Gasteiger partial charge in [-0.25, -0.2) is 13.2 Å². The van der Waals surface area contributed by atoms with E-state index >= 15 is 0 Å². The molecular weight excluding hydrogens is 394 g/mol. The average molecular weight is 415 g/mol. The number of carbonyl (C=O) groups excluding carboxylic acids is 1. The first-order chi connectivity index (χ1) is 13.8. The van der Waals surface area contributed by atoms with E-state index in [1.807, 2.05) is 25.1 Å². The average Bonchev–Trinajstić information content (AvgIpc) is 3.01. The van der Waals surface area contributed by atoms with Gasteiger partial charge in [-0.2, -0.15) is 4.31 Å². The predicted molar refractivity (Wildman–Crippen MR) is 107 cm³/mol. The number of aromatic nitrogens is 1. The quantitative estimate of drug-likeness (QED) is 0.648. The highest BCUT2D eigenvalue weighted by Crippen LogP contribution is 2.23. The highest BCUT2D eigenvalue weighted by atomic mass is 32.2. The lowest BCUT2D eigenvalue weighted by Crippen LogP contribution is -2.50. The summed E-state index contributed by atoms with van der Waals surface area (Å²) in [5.41, 5.74) is 2.29. The maximum absolute atomic E-state index is 13.0. The van der Waals surface area contributed by atoms with Crippen molar-refractivity contribution in [3.63, 3.8) is 0 Å². The largest absolute Gasteiger partial charge is 0.419 e. The van der Waals surface area contributed by atoms with Crippen molar-refractivity contribution in [1.82, 2.24) is 13.8 Å². The number of hydrogen-bond acceptors (Lipinski definition) is 5. The van der Waals surface area contributed by atoms with E-state index in [1.165, 1.54) is 21.0 Å². The maximum Gasteiger partial charge on any atom is 0.419 e. The predicted octanol–water partition coefficient (Wildman–Crippen LogP) is 1.59. The molecule has 0 bridgehead atoms. The molecule has 9 heteroatoms. The van der Waals surface area contributed by atoms with Crippen molar-refractivity contribution in [2.24, 2.45) is 7.05 Å². The second kappa shape index (κ2) is 7.16. The number of benzene rings is 2. The van der Waals surface area contributed by atoms with Gasteiger partial charge in [0.1, 0.15) is 0 Å². The summed E-state index contributed by atoms with van der Waals surface area (Å²) in [6.45, 7) is 2.92. The van der Waals surface area contributed by atoms with Crippen LogP contribution in [0.2, 0.25) is 0 Å². The highest BCUT2D eigenvalue weighted by Gasteiger charge is 2.31. The van der Waals surface area contributed by atoms with Crippen LogP contribution >= 0.6 is 0 Å². The van der Waals surface area contributed by atoms with Gasteiger partial charge in [0.05, 0.1) is 10.4 Å². The van der Waals surface area contributed by atoms with Gasteiger partial charge in [-0.05, 0) is 30.7 Å². The Labute approximate surface area is 168 Å². The maximum atomic E-state index is 13.0. The zero-order valence-corrected chi connectivity index (χ0v) is 17.0. The van der Waals surface area contributed by atoms with Crippen molar-refractivity contribution in [3.8, 4) is 0 Å². The standard InChI is InChI=1S/C20H21N3O5S/c1-14-5-3-4-6-16(14)19(24)22-9-11-23(12-10-22)29(26,27)15-7-8-17-18(13-15)28-20(25)21(17)2/h3-8,13H,9-12H2,1-2H3. The lowest BCUT2D eigenvalue weighted by molar-refractivity contribution is 0.0697. The summed E-state index contributed by atoms with van der Waals surface area (Å²) in [6.07, 6.45) is 0. The third-order valence-electron chi connectivity index (χ3n) is 5.30. The molecule has 1 saturated heterocycles. The number of nitrogens with zero attached hydrogens (tertiary/aromatic N) is 3. The van der Waals surface area contributed by atoms with Crippen molar-refractivity contribution >= 4 is 27.0 Å². The third-order valence-corrected chi connectivity index (χ3v) is 7.20. The minimum absolute atomic E-state index is 0.0676. The van der Waals surface area contributed by atoms with E-state index in [0.29, 0.717) is 24.2 Å². The molecule has 1 fully saturated rings. The van der Waals surface area contributed by atoms with Crippen molar-refractivity contribution in [3.05, 3.63) is 64.1 Å². The Kier molecular flexibility index (Phi) is 4.79. The summed E-state index contributed by atoms with van der Waals surface area (Å²) in [5.74, 6) is -0.634. The third kappa shape index (κ3) is 3.36. The fraction of sp³-hybridized carbons (Fsp3) is 0.300. The Morgan fingerprint density at radius 3 is 2.41 bits per heavy atom. The van der Waals surface area contributed by atoms with Crippen LogP contribution in [0.4, 0.5) is 0 Å². The molecule has 0 saturated carbocycles. The monoisotopic (exact) mass is 415 g/mol. The molecule has 0 unspecified atom stereocenters. The Morgan fingerprint density at radius 2 is 1.72 bits per heavy atom. The van der Waals surface area contributed by atoms with Gasteiger partial charge in [-0.15, -0.1) is 0 Å². The molecule has 0 N–H and O–H groups in total. The van der Waals surface area contributed by atoms with E-state index in [2.05, 4.69) is 0 Å².